The summed E-state index contributed by atoms with van der Waals surface area (Å²) in [7, 11) is 0. The average Bonchev–Trinajstić information content (AvgIpc) is 3.58. The van der Waals surface area contributed by atoms with Crippen molar-refractivity contribution in [2.24, 2.45) is 5.10 Å². The third-order valence-corrected chi connectivity index (χ3v) is 4.84. The van der Waals surface area contributed by atoms with E-state index < -0.39 is 5.91 Å². The molecule has 1 aliphatic rings. The summed E-state index contributed by atoms with van der Waals surface area (Å²) in [4.78, 5) is 24.1. The molecule has 2 aromatic heterocycles. The van der Waals surface area contributed by atoms with Gasteiger partial charge in [-0.3, -0.25) is 9.59 Å². The number of nitrogen functional groups attached to an aromatic ring is 1. The van der Waals surface area contributed by atoms with Gasteiger partial charge in [-0.25, -0.2) is 10.1 Å². The van der Waals surface area contributed by atoms with Crippen LogP contribution in [0.4, 0.5) is 11.5 Å². The van der Waals surface area contributed by atoms with Gasteiger partial charge in [-0.2, -0.15) is 9.78 Å². The zero-order valence-electron chi connectivity index (χ0n) is 18.1. The highest BCUT2D eigenvalue weighted by molar-refractivity contribution is 5.99. The van der Waals surface area contributed by atoms with Crippen LogP contribution >= 0.6 is 0 Å². The first-order chi connectivity index (χ1) is 17.0. The Morgan fingerprint density at radius 1 is 1.11 bits per heavy atom. The summed E-state index contributed by atoms with van der Waals surface area (Å²) in [5, 5.41) is 22.0. The van der Waals surface area contributed by atoms with Gasteiger partial charge in [-0.15, -0.1) is 5.10 Å². The van der Waals surface area contributed by atoms with Crippen LogP contribution in [0.5, 0.6) is 11.5 Å². The van der Waals surface area contributed by atoms with E-state index in [2.05, 4.69) is 41.1 Å². The van der Waals surface area contributed by atoms with Gasteiger partial charge in [0.05, 0.1) is 6.21 Å². The van der Waals surface area contributed by atoms with Crippen molar-refractivity contribution in [3.8, 4) is 28.6 Å². The molecule has 3 heterocycles. The largest absolute Gasteiger partial charge is 0.454 e. The molecule has 2 aromatic carbocycles. The number of nitrogens with one attached hydrogen (secondary N) is 2. The van der Waals surface area contributed by atoms with Crippen LogP contribution in [0.2, 0.25) is 0 Å². The number of hydrogen-bond acceptors (Lipinski definition) is 11. The molecular formula is C21H17N9O5. The van der Waals surface area contributed by atoms with Gasteiger partial charge in [0, 0.05) is 18.2 Å². The van der Waals surface area contributed by atoms with E-state index in [1.807, 2.05) is 0 Å². The lowest BCUT2D eigenvalue weighted by molar-refractivity contribution is -0.114. The summed E-state index contributed by atoms with van der Waals surface area (Å²) in [6.07, 6.45) is 1.44. The Kier molecular flexibility index (Phi) is 5.51. The number of anilines is 2. The molecule has 1 aliphatic heterocycles. The molecule has 4 N–H and O–H groups in total. The number of ether oxygens (including phenoxy) is 2. The normalized spacial score (nSPS) is 12.1. The lowest BCUT2D eigenvalue weighted by atomic mass is 10.1. The lowest BCUT2D eigenvalue weighted by Gasteiger charge is -2.07. The molecule has 0 fully saturated rings. The van der Waals surface area contributed by atoms with Crippen LogP contribution < -0.4 is 25.9 Å². The van der Waals surface area contributed by atoms with E-state index in [0.717, 1.165) is 0 Å². The number of carbonyl (C=O) groups excluding carboxylic acids is 2. The number of carbonyl (C=O) groups is 2. The Morgan fingerprint density at radius 3 is 2.66 bits per heavy atom. The van der Waals surface area contributed by atoms with Crippen molar-refractivity contribution in [2.45, 2.75) is 6.92 Å². The fourth-order valence-corrected chi connectivity index (χ4v) is 3.30. The molecule has 0 radical (unpaired) electrons. The molecule has 176 valence electrons. The van der Waals surface area contributed by atoms with Crippen LogP contribution in [0.15, 0.2) is 52.2 Å². The van der Waals surface area contributed by atoms with E-state index in [0.29, 0.717) is 28.3 Å². The van der Waals surface area contributed by atoms with Crippen LogP contribution in [-0.2, 0) is 4.79 Å². The maximum absolute atomic E-state index is 13.0. The zero-order valence-corrected chi connectivity index (χ0v) is 18.1. The number of fused-ring (bicyclic) bond motifs is 1. The number of hydrazone groups is 1. The minimum Gasteiger partial charge on any atom is -0.454 e. The Bertz CT molecular complexity index is 1440. The molecule has 0 aliphatic carbocycles. The Balaban J connectivity index is 1.43. The Hall–Kier alpha value is -5.27. The number of amides is 2. The second kappa shape index (κ2) is 8.93. The van der Waals surface area contributed by atoms with Gasteiger partial charge < -0.3 is 20.5 Å². The highest BCUT2D eigenvalue weighted by atomic mass is 16.7. The number of aromatic nitrogens is 5. The number of hydrogen-bond donors (Lipinski definition) is 3. The number of benzene rings is 2. The highest BCUT2D eigenvalue weighted by Crippen LogP contribution is 2.37. The van der Waals surface area contributed by atoms with Crippen LogP contribution in [0, 0.1) is 0 Å². The van der Waals surface area contributed by atoms with Crippen molar-refractivity contribution in [2.75, 3.05) is 17.8 Å². The van der Waals surface area contributed by atoms with E-state index in [-0.39, 0.29) is 35.7 Å². The molecular weight excluding hydrogens is 458 g/mol. The summed E-state index contributed by atoms with van der Waals surface area (Å²) in [5.41, 5.74) is 10.3. The fraction of sp³-hybridized carbons (Fsp3) is 0.0952. The molecule has 0 saturated carbocycles. The topological polar surface area (TPSA) is 185 Å². The highest BCUT2D eigenvalue weighted by Gasteiger charge is 2.26. The summed E-state index contributed by atoms with van der Waals surface area (Å²) < 4.78 is 16.7. The maximum Gasteiger partial charge on any atom is 0.294 e. The predicted molar refractivity (Wildman–Crippen MR) is 121 cm³/mol. The van der Waals surface area contributed by atoms with Crippen molar-refractivity contribution in [1.29, 1.82) is 0 Å². The van der Waals surface area contributed by atoms with Crippen molar-refractivity contribution in [1.82, 2.24) is 30.7 Å². The smallest absolute Gasteiger partial charge is 0.294 e. The van der Waals surface area contributed by atoms with Crippen molar-refractivity contribution < 1.29 is 23.7 Å². The SMILES string of the molecule is CC(=O)Nc1ccc(C=NNC(=O)c2nnn(-c3nonc3N)c2-c2ccc3c(c2)OCO3)cc1. The molecule has 0 unspecified atom stereocenters. The van der Waals surface area contributed by atoms with Crippen LogP contribution in [-0.4, -0.2) is 50.1 Å². The van der Waals surface area contributed by atoms with Crippen LogP contribution in [0.25, 0.3) is 17.1 Å². The minimum atomic E-state index is -0.634. The molecule has 0 saturated heterocycles. The minimum absolute atomic E-state index is 0.0374. The third kappa shape index (κ3) is 4.35. The van der Waals surface area contributed by atoms with Gasteiger partial charge >= 0.3 is 0 Å². The van der Waals surface area contributed by atoms with Gasteiger partial charge in [0.25, 0.3) is 5.91 Å². The summed E-state index contributed by atoms with van der Waals surface area (Å²) in [6.45, 7) is 1.51. The molecule has 14 nitrogen and oxygen atoms in total. The Labute approximate surface area is 196 Å². The van der Waals surface area contributed by atoms with Crippen LogP contribution in [0.3, 0.4) is 0 Å². The summed E-state index contributed by atoms with van der Waals surface area (Å²) in [6, 6.07) is 12.0. The van der Waals surface area contributed by atoms with Gasteiger partial charge in [0.15, 0.2) is 17.2 Å². The van der Waals surface area contributed by atoms with Crippen molar-refractivity contribution >= 4 is 29.5 Å². The van der Waals surface area contributed by atoms with Gasteiger partial charge in [0.2, 0.25) is 24.3 Å². The second-order valence-corrected chi connectivity index (χ2v) is 7.24. The monoisotopic (exact) mass is 475 g/mol. The molecule has 0 atom stereocenters. The van der Waals surface area contributed by atoms with Crippen molar-refractivity contribution in [3.05, 3.63) is 53.7 Å². The summed E-state index contributed by atoms with van der Waals surface area (Å²) in [5.74, 6) is 0.277. The fourth-order valence-electron chi connectivity index (χ4n) is 3.30. The van der Waals surface area contributed by atoms with E-state index in [4.69, 9.17) is 15.2 Å². The molecule has 14 heteroatoms. The van der Waals surface area contributed by atoms with Gasteiger partial charge in [0.1, 0.15) is 5.69 Å². The first-order valence-corrected chi connectivity index (χ1v) is 10.1. The standard InChI is InChI=1S/C21H17N9O5/c1-11(31)24-14-5-2-12(3-6-14)9-23-26-21(32)17-18(13-4-7-15-16(8-13)34-10-33-15)30(29-25-17)20-19(22)27-35-28-20/h2-9H,10H2,1H3,(H2,22,27)(H,24,31)(H,26,32). The van der Waals surface area contributed by atoms with Gasteiger partial charge in [-0.1, -0.05) is 17.3 Å². The van der Waals surface area contributed by atoms with E-state index >= 15 is 0 Å². The molecule has 0 spiro atoms. The average molecular weight is 475 g/mol. The van der Waals surface area contributed by atoms with Crippen LogP contribution in [0.1, 0.15) is 23.0 Å². The molecule has 0 bridgehead atoms. The zero-order chi connectivity index (χ0) is 24.4. The molecule has 5 rings (SSSR count). The first kappa shape index (κ1) is 21.6. The van der Waals surface area contributed by atoms with E-state index in [1.54, 1.807) is 42.5 Å². The first-order valence-electron chi connectivity index (χ1n) is 10.1. The second-order valence-electron chi connectivity index (χ2n) is 7.24. The Morgan fingerprint density at radius 2 is 1.91 bits per heavy atom. The number of rotatable bonds is 6. The number of nitrogens with two attached hydrogens (primary N) is 1. The molecule has 35 heavy (non-hydrogen) atoms. The lowest BCUT2D eigenvalue weighted by Crippen LogP contribution is -2.19. The maximum atomic E-state index is 13.0. The van der Waals surface area contributed by atoms with E-state index in [1.165, 1.54) is 17.8 Å². The predicted octanol–water partition coefficient (Wildman–Crippen LogP) is 1.35. The van der Waals surface area contributed by atoms with E-state index in [9.17, 15) is 9.59 Å². The molecule has 4 aromatic rings. The third-order valence-electron chi connectivity index (χ3n) is 4.84. The molecule has 2 amide bonds. The number of nitrogens with zero attached hydrogens (tertiary/aromatic N) is 6. The van der Waals surface area contributed by atoms with Crippen molar-refractivity contribution in [3.63, 3.8) is 0 Å². The van der Waals surface area contributed by atoms with Gasteiger partial charge in [-0.05, 0) is 46.2 Å². The summed E-state index contributed by atoms with van der Waals surface area (Å²) >= 11 is 0. The quantitative estimate of drug-likeness (QED) is 0.271.